The average molecular weight is 558 g/mol. The van der Waals surface area contributed by atoms with Crippen LogP contribution in [-0.4, -0.2) is 9.13 Å². The van der Waals surface area contributed by atoms with Crippen LogP contribution in [0.3, 0.4) is 0 Å². The maximum Gasteiger partial charge on any atom is 0.104 e. The minimum absolute atomic E-state index is 0.00449. The quantitative estimate of drug-likeness (QED) is 0.183. The van der Waals surface area contributed by atoms with Crippen LogP contribution in [0, 0.1) is 11.3 Å². The molecule has 6 bridgehead atoms. The molecule has 7 aromatic rings. The molecule has 0 unspecified atom stereocenters. The second-order valence-corrected chi connectivity index (χ2v) is 14.3. The molecule has 0 radical (unpaired) electrons. The molecule has 0 saturated heterocycles. The second kappa shape index (κ2) is 8.62. The Morgan fingerprint density at radius 3 is 1.33 bits per heavy atom. The molecule has 43 heavy (non-hydrogen) atoms. The lowest BCUT2D eigenvalue weighted by molar-refractivity contribution is 0.590. The van der Waals surface area contributed by atoms with Gasteiger partial charge >= 0.3 is 0 Å². The van der Waals surface area contributed by atoms with Crippen LogP contribution in [0.25, 0.3) is 55.0 Å². The largest absolute Gasteiger partial charge is 0.308 e. The van der Waals surface area contributed by atoms with E-state index in [1.807, 2.05) is 0 Å². The number of benzene rings is 5. The van der Waals surface area contributed by atoms with Gasteiger partial charge in [-0.2, -0.15) is 5.26 Å². The third kappa shape index (κ3) is 3.73. The Balaban J connectivity index is 1.57. The van der Waals surface area contributed by atoms with E-state index < -0.39 is 0 Å². The van der Waals surface area contributed by atoms with Gasteiger partial charge in [0, 0.05) is 21.5 Å². The number of nitrogens with zero attached hydrogens (tertiary/aromatic N) is 3. The summed E-state index contributed by atoms with van der Waals surface area (Å²) in [4.78, 5) is 0. The van der Waals surface area contributed by atoms with Gasteiger partial charge in [-0.25, -0.2) is 0 Å². The Morgan fingerprint density at radius 2 is 0.930 bits per heavy atom. The van der Waals surface area contributed by atoms with Gasteiger partial charge in [-0.1, -0.05) is 96.1 Å². The third-order valence-electron chi connectivity index (χ3n) is 9.42. The molecule has 3 nitrogen and oxygen atoms in total. The highest BCUT2D eigenvalue weighted by molar-refractivity contribution is 6.11. The number of aromatic nitrogens is 2. The van der Waals surface area contributed by atoms with Crippen LogP contribution in [0.1, 0.15) is 69.4 Å². The highest BCUT2D eigenvalue weighted by atomic mass is 15.0. The molecule has 1 aliphatic heterocycles. The van der Waals surface area contributed by atoms with Gasteiger partial charge in [-0.05, 0) is 75.9 Å². The fourth-order valence-electron chi connectivity index (χ4n) is 7.05. The molecule has 0 spiro atoms. The van der Waals surface area contributed by atoms with Crippen molar-refractivity contribution in [3.05, 3.63) is 119 Å². The van der Waals surface area contributed by atoms with Crippen LogP contribution in [0.2, 0.25) is 0 Å². The van der Waals surface area contributed by atoms with E-state index in [1.165, 1.54) is 43.8 Å². The number of rotatable bonds is 0. The van der Waals surface area contributed by atoms with Crippen molar-refractivity contribution in [1.82, 2.24) is 9.13 Å². The molecule has 2 aromatic heterocycles. The van der Waals surface area contributed by atoms with E-state index in [9.17, 15) is 5.26 Å². The summed E-state index contributed by atoms with van der Waals surface area (Å²) in [5, 5.41) is 15.8. The van der Waals surface area contributed by atoms with Crippen molar-refractivity contribution in [3.63, 3.8) is 0 Å². The van der Waals surface area contributed by atoms with Crippen LogP contribution >= 0.6 is 0 Å². The van der Waals surface area contributed by atoms with Crippen molar-refractivity contribution >= 4 is 43.6 Å². The van der Waals surface area contributed by atoms with Crippen molar-refractivity contribution in [1.29, 1.82) is 5.26 Å². The summed E-state index contributed by atoms with van der Waals surface area (Å²) in [6, 6.07) is 36.5. The normalized spacial score (nSPS) is 13.2. The van der Waals surface area contributed by atoms with Crippen LogP contribution in [0.5, 0.6) is 0 Å². The fraction of sp³-hybridized carbons (Fsp3) is 0.225. The molecule has 3 heterocycles. The second-order valence-electron chi connectivity index (χ2n) is 14.3. The van der Waals surface area contributed by atoms with E-state index in [0.29, 0.717) is 5.56 Å². The van der Waals surface area contributed by atoms with Gasteiger partial charge in [-0.3, -0.25) is 0 Å². The molecule has 1 aliphatic rings. The average Bonchev–Trinajstić information content (AvgIpc) is 3.46. The van der Waals surface area contributed by atoms with Gasteiger partial charge in [-0.15, -0.1) is 0 Å². The van der Waals surface area contributed by atoms with Gasteiger partial charge in [0.1, 0.15) is 11.6 Å². The summed E-state index contributed by atoms with van der Waals surface area (Å²) in [5.41, 5.74) is 12.2. The van der Waals surface area contributed by atoms with E-state index >= 15 is 0 Å². The van der Waals surface area contributed by atoms with Crippen molar-refractivity contribution in [2.75, 3.05) is 0 Å². The maximum absolute atomic E-state index is 10.9. The Labute approximate surface area is 252 Å². The number of hydrogen-bond donors (Lipinski definition) is 0. The van der Waals surface area contributed by atoms with Crippen LogP contribution in [0.15, 0.2) is 91.0 Å². The predicted molar refractivity (Wildman–Crippen MR) is 180 cm³/mol. The van der Waals surface area contributed by atoms with Crippen molar-refractivity contribution in [2.45, 2.75) is 58.8 Å². The first-order valence-corrected chi connectivity index (χ1v) is 15.2. The summed E-state index contributed by atoms with van der Waals surface area (Å²) in [6.07, 6.45) is 0.842. The van der Waals surface area contributed by atoms with Gasteiger partial charge < -0.3 is 9.13 Å². The molecule has 0 saturated carbocycles. The van der Waals surface area contributed by atoms with Gasteiger partial charge in [0.15, 0.2) is 0 Å². The van der Waals surface area contributed by atoms with E-state index in [0.717, 1.165) is 39.9 Å². The van der Waals surface area contributed by atoms with E-state index in [1.54, 1.807) is 0 Å². The van der Waals surface area contributed by atoms with Crippen LogP contribution in [0.4, 0.5) is 0 Å². The summed E-state index contributed by atoms with van der Waals surface area (Å²) in [7, 11) is 0. The lowest BCUT2D eigenvalue weighted by Crippen LogP contribution is -2.11. The van der Waals surface area contributed by atoms with E-state index in [-0.39, 0.29) is 10.8 Å². The monoisotopic (exact) mass is 557 g/mol. The molecule has 5 aromatic carbocycles. The molecule has 0 fully saturated rings. The Kier molecular flexibility index (Phi) is 5.18. The lowest BCUT2D eigenvalue weighted by atomic mass is 9.86. The molecule has 0 atom stereocenters. The molecule has 0 N–H and O–H groups in total. The predicted octanol–water partition coefficient (Wildman–Crippen LogP) is 10.3. The van der Waals surface area contributed by atoms with Gasteiger partial charge in [0.05, 0.1) is 33.4 Å². The molecular formula is C40H35N3. The minimum Gasteiger partial charge on any atom is -0.308 e. The first kappa shape index (κ1) is 25.9. The zero-order valence-corrected chi connectivity index (χ0v) is 25.7. The minimum atomic E-state index is 0.00449. The number of nitriles is 1. The van der Waals surface area contributed by atoms with Crippen molar-refractivity contribution in [3.8, 4) is 17.4 Å². The first-order valence-electron chi connectivity index (χ1n) is 15.2. The van der Waals surface area contributed by atoms with Crippen molar-refractivity contribution in [2.24, 2.45) is 0 Å². The Morgan fingerprint density at radius 1 is 0.535 bits per heavy atom. The van der Waals surface area contributed by atoms with Gasteiger partial charge in [0.2, 0.25) is 0 Å². The highest BCUT2D eigenvalue weighted by Gasteiger charge is 2.24. The molecule has 8 rings (SSSR count). The molecular weight excluding hydrogens is 522 g/mol. The molecule has 0 aliphatic carbocycles. The lowest BCUT2D eigenvalue weighted by Gasteiger charge is -2.21. The molecule has 210 valence electrons. The topological polar surface area (TPSA) is 33.6 Å². The zero-order valence-electron chi connectivity index (χ0n) is 25.7. The summed E-state index contributed by atoms with van der Waals surface area (Å²) < 4.78 is 4.68. The standard InChI is InChI=1S/C40H35N3/c1-39(2,3)26-12-16-30-28-14-10-24-18-25-11-15-29-31-17-13-27(40(4,5)6)22-38(31)43(36(29)20-25)34-9-7-8-33(32(34)23-41)42(35(28)19-24)37(30)21-26/h7-17,19-22H,18H2,1-6H3. The maximum atomic E-state index is 10.9. The van der Waals surface area contributed by atoms with Crippen LogP contribution < -0.4 is 0 Å². The Hall–Kier alpha value is -4.81. The summed E-state index contributed by atoms with van der Waals surface area (Å²) >= 11 is 0. The van der Waals surface area contributed by atoms with Crippen molar-refractivity contribution < 1.29 is 0 Å². The third-order valence-corrected chi connectivity index (χ3v) is 9.42. The zero-order chi connectivity index (χ0) is 29.8. The van der Waals surface area contributed by atoms with Crippen LogP contribution in [-0.2, 0) is 17.3 Å². The molecule has 0 amide bonds. The number of fused-ring (bicyclic) bond motifs is 12. The first-order chi connectivity index (χ1) is 20.5. The highest BCUT2D eigenvalue weighted by Crippen LogP contribution is 2.41. The smallest absolute Gasteiger partial charge is 0.104 e. The fourth-order valence-corrected chi connectivity index (χ4v) is 7.05. The van der Waals surface area contributed by atoms with E-state index in [2.05, 4.69) is 148 Å². The summed E-state index contributed by atoms with van der Waals surface area (Å²) in [5.74, 6) is 0. The van der Waals surface area contributed by atoms with E-state index in [4.69, 9.17) is 0 Å². The number of hydrogen-bond acceptors (Lipinski definition) is 1. The molecule has 3 heteroatoms. The summed E-state index contributed by atoms with van der Waals surface area (Å²) in [6.45, 7) is 13.6. The van der Waals surface area contributed by atoms with Gasteiger partial charge in [0.25, 0.3) is 0 Å². The SMILES string of the molecule is CC(C)(C)c1ccc2c3ccc4cc3n(c2c1)-c1cccc(c1C#N)-n1c2cc(ccc2c2ccc(C(C)(C)C)cc21)C4. The Bertz CT molecular complexity index is 2180.